The molecule has 22 heavy (non-hydrogen) atoms. The maximum atomic E-state index is 12.3. The van der Waals surface area contributed by atoms with Gasteiger partial charge in [-0.25, -0.2) is 9.78 Å². The van der Waals surface area contributed by atoms with Crippen molar-refractivity contribution in [2.24, 2.45) is 0 Å². The second-order valence-corrected chi connectivity index (χ2v) is 5.35. The summed E-state index contributed by atoms with van der Waals surface area (Å²) < 4.78 is 1.51. The number of aromatic nitrogens is 4. The van der Waals surface area contributed by atoms with Crippen molar-refractivity contribution in [3.05, 3.63) is 46.1 Å². The molecule has 0 aromatic carbocycles. The lowest BCUT2D eigenvalue weighted by Gasteiger charge is -2.15. The van der Waals surface area contributed by atoms with E-state index in [-0.39, 0.29) is 18.3 Å². The van der Waals surface area contributed by atoms with E-state index >= 15 is 0 Å². The van der Waals surface area contributed by atoms with Crippen LogP contribution in [0, 0.1) is 0 Å². The first-order valence-electron chi connectivity index (χ1n) is 6.98. The molecule has 0 saturated heterocycles. The van der Waals surface area contributed by atoms with Gasteiger partial charge in [0.15, 0.2) is 5.65 Å². The van der Waals surface area contributed by atoms with Crippen LogP contribution in [0.5, 0.6) is 0 Å². The number of nitrogens with zero attached hydrogens (tertiary/aromatic N) is 3. The number of halogens is 1. The number of fused-ring (bicyclic) bond motifs is 1. The molecule has 0 fully saturated rings. The van der Waals surface area contributed by atoms with Crippen molar-refractivity contribution < 1.29 is 5.11 Å². The molecule has 0 saturated carbocycles. The summed E-state index contributed by atoms with van der Waals surface area (Å²) in [5, 5.41) is 9.98. The van der Waals surface area contributed by atoms with E-state index in [9.17, 15) is 9.90 Å². The molecular weight excluding hydrogens is 304 g/mol. The number of aliphatic hydroxyl groups excluding tert-OH is 1. The summed E-state index contributed by atoms with van der Waals surface area (Å²) in [5.74, 6) is 0. The summed E-state index contributed by atoms with van der Waals surface area (Å²) >= 11 is 6.32. The lowest BCUT2D eigenvalue weighted by Crippen LogP contribution is -2.24. The summed E-state index contributed by atoms with van der Waals surface area (Å²) in [6, 6.07) is 5.14. The molecular formula is C15H15ClN4O2. The first kappa shape index (κ1) is 14.7. The second kappa shape index (κ2) is 5.90. The molecule has 0 aliphatic heterocycles. The van der Waals surface area contributed by atoms with E-state index in [2.05, 4.69) is 15.0 Å². The van der Waals surface area contributed by atoms with Crippen molar-refractivity contribution in [3.8, 4) is 11.3 Å². The summed E-state index contributed by atoms with van der Waals surface area (Å²) in [6.07, 6.45) is 3.77. The standard InChI is InChI=1S/C15H15ClN4O2/c1-2-9(8-21)20-13-12(11-5-3-4-6-17-11)10(16)7-18-14(13)19-15(20)22/h3-7,9,21H,2,8H2,1H3,(H,18,19,22)/t9-/m1/s1. The van der Waals surface area contributed by atoms with Crippen molar-refractivity contribution in [2.45, 2.75) is 19.4 Å². The van der Waals surface area contributed by atoms with Gasteiger partial charge in [-0.3, -0.25) is 14.5 Å². The smallest absolute Gasteiger partial charge is 0.328 e. The average Bonchev–Trinajstić information content (AvgIpc) is 2.86. The van der Waals surface area contributed by atoms with E-state index in [0.717, 1.165) is 0 Å². The van der Waals surface area contributed by atoms with Gasteiger partial charge in [0, 0.05) is 18.0 Å². The van der Waals surface area contributed by atoms with Gasteiger partial charge in [-0.15, -0.1) is 0 Å². The Morgan fingerprint density at radius 3 is 2.86 bits per heavy atom. The zero-order valence-electron chi connectivity index (χ0n) is 12.0. The summed E-state index contributed by atoms with van der Waals surface area (Å²) in [7, 11) is 0. The van der Waals surface area contributed by atoms with E-state index in [4.69, 9.17) is 11.6 Å². The zero-order valence-corrected chi connectivity index (χ0v) is 12.7. The molecule has 0 radical (unpaired) electrons. The molecule has 7 heteroatoms. The Labute approximate surface area is 131 Å². The number of imidazole rings is 1. The highest BCUT2D eigenvalue weighted by Crippen LogP contribution is 2.33. The molecule has 114 valence electrons. The maximum absolute atomic E-state index is 12.3. The molecule has 0 amide bonds. The lowest BCUT2D eigenvalue weighted by atomic mass is 10.1. The van der Waals surface area contributed by atoms with Crippen LogP contribution in [-0.4, -0.2) is 31.2 Å². The first-order chi connectivity index (χ1) is 10.7. The van der Waals surface area contributed by atoms with Gasteiger partial charge in [0.25, 0.3) is 0 Å². The van der Waals surface area contributed by atoms with Crippen molar-refractivity contribution >= 4 is 22.8 Å². The number of aromatic amines is 1. The van der Waals surface area contributed by atoms with Crippen molar-refractivity contribution in [1.82, 2.24) is 19.5 Å². The maximum Gasteiger partial charge on any atom is 0.328 e. The van der Waals surface area contributed by atoms with Crippen LogP contribution in [0.15, 0.2) is 35.4 Å². The molecule has 3 heterocycles. The molecule has 3 aromatic rings. The van der Waals surface area contributed by atoms with E-state index in [1.807, 2.05) is 25.1 Å². The van der Waals surface area contributed by atoms with Crippen LogP contribution in [0.4, 0.5) is 0 Å². The molecule has 6 nitrogen and oxygen atoms in total. The number of hydrogen-bond acceptors (Lipinski definition) is 4. The van der Waals surface area contributed by atoms with E-state index < -0.39 is 0 Å². The minimum atomic E-state index is -0.344. The molecule has 3 aromatic heterocycles. The molecule has 0 bridgehead atoms. The highest BCUT2D eigenvalue weighted by Gasteiger charge is 2.21. The average molecular weight is 319 g/mol. The zero-order chi connectivity index (χ0) is 15.7. The Kier molecular flexibility index (Phi) is 3.96. The van der Waals surface area contributed by atoms with Gasteiger partial charge in [0.1, 0.15) is 0 Å². The van der Waals surface area contributed by atoms with Crippen molar-refractivity contribution in [2.75, 3.05) is 6.61 Å². The van der Waals surface area contributed by atoms with Crippen LogP contribution in [0.25, 0.3) is 22.4 Å². The van der Waals surface area contributed by atoms with Crippen molar-refractivity contribution in [1.29, 1.82) is 0 Å². The van der Waals surface area contributed by atoms with Crippen LogP contribution >= 0.6 is 11.6 Å². The fraction of sp³-hybridized carbons (Fsp3) is 0.267. The molecule has 0 unspecified atom stereocenters. The Balaban J connectivity index is 2.41. The van der Waals surface area contributed by atoms with E-state index in [0.29, 0.717) is 33.9 Å². The monoisotopic (exact) mass is 318 g/mol. The van der Waals surface area contributed by atoms with Crippen LogP contribution in [0.1, 0.15) is 19.4 Å². The van der Waals surface area contributed by atoms with Crippen LogP contribution in [0.2, 0.25) is 5.02 Å². The number of pyridine rings is 2. The van der Waals surface area contributed by atoms with Gasteiger partial charge >= 0.3 is 5.69 Å². The largest absolute Gasteiger partial charge is 0.394 e. The number of rotatable bonds is 4. The van der Waals surface area contributed by atoms with Gasteiger partial charge in [-0.2, -0.15) is 0 Å². The second-order valence-electron chi connectivity index (χ2n) is 4.94. The van der Waals surface area contributed by atoms with Crippen LogP contribution < -0.4 is 5.69 Å². The van der Waals surface area contributed by atoms with Gasteiger partial charge in [-0.05, 0) is 18.6 Å². The molecule has 1 atom stereocenters. The minimum absolute atomic E-state index is 0.141. The summed E-state index contributed by atoms with van der Waals surface area (Å²) in [4.78, 5) is 23.5. The third-order valence-corrected chi connectivity index (χ3v) is 3.95. The highest BCUT2D eigenvalue weighted by molar-refractivity contribution is 6.34. The predicted octanol–water partition coefficient (Wildman–Crippen LogP) is 2.38. The fourth-order valence-electron chi connectivity index (χ4n) is 2.56. The van der Waals surface area contributed by atoms with Gasteiger partial charge in [0.05, 0.1) is 28.9 Å². The number of H-pyrrole nitrogens is 1. The fourth-order valence-corrected chi connectivity index (χ4v) is 2.80. The normalized spacial score (nSPS) is 12.7. The van der Waals surface area contributed by atoms with Gasteiger partial charge in [-0.1, -0.05) is 24.6 Å². The van der Waals surface area contributed by atoms with Crippen molar-refractivity contribution in [3.63, 3.8) is 0 Å². The molecule has 0 aliphatic rings. The Morgan fingerprint density at radius 1 is 1.41 bits per heavy atom. The minimum Gasteiger partial charge on any atom is -0.394 e. The lowest BCUT2D eigenvalue weighted by molar-refractivity contribution is 0.225. The third-order valence-electron chi connectivity index (χ3n) is 3.66. The molecule has 3 rings (SSSR count). The summed E-state index contributed by atoms with van der Waals surface area (Å²) in [6.45, 7) is 1.77. The quantitative estimate of drug-likeness (QED) is 0.773. The van der Waals surface area contributed by atoms with Gasteiger partial charge in [0.2, 0.25) is 0 Å². The third kappa shape index (κ3) is 2.30. The number of hydrogen-bond donors (Lipinski definition) is 2. The molecule has 2 N–H and O–H groups in total. The number of nitrogens with one attached hydrogen (secondary N) is 1. The highest BCUT2D eigenvalue weighted by atomic mass is 35.5. The molecule has 0 spiro atoms. The predicted molar refractivity (Wildman–Crippen MR) is 85.0 cm³/mol. The van der Waals surface area contributed by atoms with Gasteiger partial charge < -0.3 is 5.11 Å². The first-order valence-corrected chi connectivity index (χ1v) is 7.36. The topological polar surface area (TPSA) is 83.8 Å². The van der Waals surface area contributed by atoms with Crippen LogP contribution in [-0.2, 0) is 0 Å². The van der Waals surface area contributed by atoms with Crippen LogP contribution in [0.3, 0.4) is 0 Å². The summed E-state index contributed by atoms with van der Waals surface area (Å²) in [5.41, 5.74) is 1.97. The van der Waals surface area contributed by atoms with E-state index in [1.165, 1.54) is 10.8 Å². The van der Waals surface area contributed by atoms with E-state index in [1.54, 1.807) is 6.20 Å². The Bertz CT molecular complexity index is 853. The molecule has 0 aliphatic carbocycles. The number of aliphatic hydroxyl groups is 1. The Hall–Kier alpha value is -2.18. The Morgan fingerprint density at radius 2 is 2.23 bits per heavy atom. The SMILES string of the molecule is CC[C@H](CO)n1c(=O)[nH]c2ncc(Cl)c(-c3ccccn3)c21.